The first-order valence-electron chi connectivity index (χ1n) is 7.76. The van der Waals surface area contributed by atoms with Crippen molar-refractivity contribution in [3.05, 3.63) is 41.7 Å². The lowest BCUT2D eigenvalue weighted by Crippen LogP contribution is -2.13. The summed E-state index contributed by atoms with van der Waals surface area (Å²) in [6.45, 7) is 2.47. The van der Waals surface area contributed by atoms with Crippen LogP contribution in [0.4, 0.5) is 5.69 Å². The number of aryl methyl sites for hydroxylation is 1. The Hall–Kier alpha value is -1.97. The molecule has 0 radical (unpaired) electrons. The molecular weight excluding hydrogens is 262 g/mol. The van der Waals surface area contributed by atoms with Gasteiger partial charge < -0.3 is 10.5 Å². The topological polar surface area (TPSA) is 53.1 Å². The summed E-state index contributed by atoms with van der Waals surface area (Å²) >= 11 is 0. The molecule has 1 aromatic carbocycles. The van der Waals surface area contributed by atoms with Gasteiger partial charge in [0.2, 0.25) is 0 Å². The summed E-state index contributed by atoms with van der Waals surface area (Å²) in [6, 6.07) is 8.42. The first-order valence-corrected chi connectivity index (χ1v) is 7.76. The Kier molecular flexibility index (Phi) is 4.13. The summed E-state index contributed by atoms with van der Waals surface area (Å²) in [5.41, 5.74) is 8.66. The molecule has 1 aromatic heterocycles. The molecule has 4 nitrogen and oxygen atoms in total. The normalized spacial score (nSPS) is 16.0. The van der Waals surface area contributed by atoms with E-state index in [-0.39, 0.29) is 0 Å². The number of nitrogen functional groups attached to an aromatic ring is 1. The Labute approximate surface area is 125 Å². The fourth-order valence-electron chi connectivity index (χ4n) is 3.02. The molecule has 1 fully saturated rings. The molecule has 1 saturated carbocycles. The van der Waals surface area contributed by atoms with Crippen LogP contribution in [0, 0.1) is 6.92 Å². The molecule has 0 unspecified atom stereocenters. The number of nitrogens with zero attached hydrogens (tertiary/aromatic N) is 2. The summed E-state index contributed by atoms with van der Waals surface area (Å²) in [7, 11) is 0. The van der Waals surface area contributed by atoms with Crippen molar-refractivity contribution in [1.82, 2.24) is 9.78 Å². The molecule has 2 aromatic rings. The lowest BCUT2D eigenvalue weighted by atomic mass is 9.96. The molecule has 0 bridgehead atoms. The number of para-hydroxylation sites is 1. The van der Waals surface area contributed by atoms with Gasteiger partial charge in [-0.2, -0.15) is 5.10 Å². The largest absolute Gasteiger partial charge is 0.485 e. The van der Waals surface area contributed by atoms with Crippen LogP contribution in [-0.2, 0) is 6.61 Å². The molecule has 0 spiro atoms. The van der Waals surface area contributed by atoms with Crippen LogP contribution < -0.4 is 10.5 Å². The second-order valence-corrected chi connectivity index (χ2v) is 5.86. The highest BCUT2D eigenvalue weighted by molar-refractivity contribution is 5.56. The highest BCUT2D eigenvalue weighted by Gasteiger charge is 2.16. The van der Waals surface area contributed by atoms with Crippen molar-refractivity contribution in [3.63, 3.8) is 0 Å². The summed E-state index contributed by atoms with van der Waals surface area (Å²) < 4.78 is 7.96. The first-order chi connectivity index (χ1) is 10.2. The van der Waals surface area contributed by atoms with Gasteiger partial charge >= 0.3 is 0 Å². The smallest absolute Gasteiger partial charge is 0.145 e. The number of ether oxygens (including phenoxy) is 1. The second-order valence-electron chi connectivity index (χ2n) is 5.86. The molecule has 2 N–H and O–H groups in total. The first kappa shape index (κ1) is 14.0. The average Bonchev–Trinajstić information content (AvgIpc) is 2.97. The minimum atomic E-state index is 0.467. The molecule has 1 aliphatic carbocycles. The Morgan fingerprint density at radius 3 is 2.81 bits per heavy atom. The molecule has 21 heavy (non-hydrogen) atoms. The van der Waals surface area contributed by atoms with E-state index in [0.717, 1.165) is 17.0 Å². The quantitative estimate of drug-likeness (QED) is 0.868. The van der Waals surface area contributed by atoms with E-state index < -0.39 is 0 Å². The van der Waals surface area contributed by atoms with E-state index in [1.165, 1.54) is 32.1 Å². The zero-order valence-corrected chi connectivity index (χ0v) is 12.6. The molecule has 4 heteroatoms. The highest BCUT2D eigenvalue weighted by atomic mass is 16.5. The van der Waals surface area contributed by atoms with Crippen molar-refractivity contribution in [3.8, 4) is 5.75 Å². The zero-order valence-electron chi connectivity index (χ0n) is 12.6. The fraction of sp³-hybridized carbons (Fsp3) is 0.471. The van der Waals surface area contributed by atoms with Gasteiger partial charge in [0.25, 0.3) is 0 Å². The van der Waals surface area contributed by atoms with Crippen LogP contribution in [0.25, 0.3) is 0 Å². The highest BCUT2D eigenvalue weighted by Crippen LogP contribution is 2.28. The van der Waals surface area contributed by atoms with Gasteiger partial charge in [-0.3, -0.25) is 4.68 Å². The van der Waals surface area contributed by atoms with Gasteiger partial charge in [-0.15, -0.1) is 0 Å². The second kappa shape index (κ2) is 6.20. The van der Waals surface area contributed by atoms with Gasteiger partial charge in [0.05, 0.1) is 17.4 Å². The maximum Gasteiger partial charge on any atom is 0.145 e. The van der Waals surface area contributed by atoms with Crippen LogP contribution in [0.5, 0.6) is 5.75 Å². The third-order valence-corrected chi connectivity index (χ3v) is 4.22. The summed E-state index contributed by atoms with van der Waals surface area (Å²) in [5, 5.41) is 4.66. The van der Waals surface area contributed by atoms with Crippen molar-refractivity contribution in [2.24, 2.45) is 0 Å². The molecule has 112 valence electrons. The number of benzene rings is 1. The Balaban J connectivity index is 1.64. The van der Waals surface area contributed by atoms with Gasteiger partial charge in [0.15, 0.2) is 0 Å². The SMILES string of the molecule is Cc1cccc(N)c1OCc1ccn(C2CCCCC2)n1. The van der Waals surface area contributed by atoms with Crippen LogP contribution in [0.1, 0.15) is 49.4 Å². The third kappa shape index (κ3) is 3.20. The maximum absolute atomic E-state index is 5.96. The van der Waals surface area contributed by atoms with Gasteiger partial charge in [-0.1, -0.05) is 31.4 Å². The van der Waals surface area contributed by atoms with E-state index in [2.05, 4.69) is 16.0 Å². The third-order valence-electron chi connectivity index (χ3n) is 4.22. The lowest BCUT2D eigenvalue weighted by Gasteiger charge is -2.21. The monoisotopic (exact) mass is 285 g/mol. The van der Waals surface area contributed by atoms with Crippen molar-refractivity contribution in [1.29, 1.82) is 0 Å². The van der Waals surface area contributed by atoms with E-state index in [0.29, 0.717) is 18.3 Å². The van der Waals surface area contributed by atoms with Crippen LogP contribution in [-0.4, -0.2) is 9.78 Å². The van der Waals surface area contributed by atoms with E-state index in [1.54, 1.807) is 0 Å². The molecule has 1 aliphatic rings. The number of rotatable bonds is 4. The van der Waals surface area contributed by atoms with Crippen molar-refractivity contribution >= 4 is 5.69 Å². The van der Waals surface area contributed by atoms with Gasteiger partial charge in [-0.05, 0) is 37.5 Å². The molecule has 0 saturated heterocycles. The predicted molar refractivity (Wildman–Crippen MR) is 84.3 cm³/mol. The summed E-state index contributed by atoms with van der Waals surface area (Å²) in [5.74, 6) is 0.768. The van der Waals surface area contributed by atoms with Crippen LogP contribution in [0.3, 0.4) is 0 Å². The molecule has 3 rings (SSSR count). The molecular formula is C17H23N3O. The average molecular weight is 285 g/mol. The van der Waals surface area contributed by atoms with Crippen molar-refractivity contribution in [2.45, 2.75) is 51.7 Å². The van der Waals surface area contributed by atoms with Crippen LogP contribution in [0.15, 0.2) is 30.5 Å². The molecule has 0 atom stereocenters. The number of hydrogen-bond acceptors (Lipinski definition) is 3. The van der Waals surface area contributed by atoms with Crippen molar-refractivity contribution < 1.29 is 4.74 Å². The minimum Gasteiger partial charge on any atom is -0.485 e. The summed E-state index contributed by atoms with van der Waals surface area (Å²) in [6.07, 6.45) is 8.56. The molecule has 0 amide bonds. The standard InChI is InChI=1S/C17H23N3O/c1-13-6-5-9-16(18)17(13)21-12-14-10-11-20(19-14)15-7-3-2-4-8-15/h5-6,9-11,15H,2-4,7-8,12,18H2,1H3. The Bertz CT molecular complexity index is 580. The van der Waals surface area contributed by atoms with Gasteiger partial charge in [0.1, 0.15) is 12.4 Å². The minimum absolute atomic E-state index is 0.467. The van der Waals surface area contributed by atoms with Crippen molar-refractivity contribution in [2.75, 3.05) is 5.73 Å². The van der Waals surface area contributed by atoms with E-state index in [4.69, 9.17) is 10.5 Å². The van der Waals surface area contributed by atoms with Gasteiger partial charge in [-0.25, -0.2) is 0 Å². The maximum atomic E-state index is 5.96. The fourth-order valence-corrected chi connectivity index (χ4v) is 3.02. The van der Waals surface area contributed by atoms with E-state index in [1.807, 2.05) is 31.2 Å². The van der Waals surface area contributed by atoms with E-state index >= 15 is 0 Å². The summed E-state index contributed by atoms with van der Waals surface area (Å²) in [4.78, 5) is 0. The number of anilines is 1. The zero-order chi connectivity index (χ0) is 14.7. The van der Waals surface area contributed by atoms with Crippen LogP contribution >= 0.6 is 0 Å². The lowest BCUT2D eigenvalue weighted by molar-refractivity contribution is 0.291. The van der Waals surface area contributed by atoms with Gasteiger partial charge in [0, 0.05) is 6.20 Å². The number of aromatic nitrogens is 2. The predicted octanol–water partition coefficient (Wildman–Crippen LogP) is 3.86. The number of hydrogen-bond donors (Lipinski definition) is 1. The Morgan fingerprint density at radius 2 is 2.05 bits per heavy atom. The Morgan fingerprint density at radius 1 is 1.24 bits per heavy atom. The molecule has 1 heterocycles. The van der Waals surface area contributed by atoms with E-state index in [9.17, 15) is 0 Å². The number of nitrogens with two attached hydrogens (primary N) is 1. The molecule has 0 aliphatic heterocycles. The van der Waals surface area contributed by atoms with Crippen LogP contribution in [0.2, 0.25) is 0 Å².